The van der Waals surface area contributed by atoms with Gasteiger partial charge in [-0.1, -0.05) is 6.92 Å². The highest BCUT2D eigenvalue weighted by atomic mass is 16.6. The highest BCUT2D eigenvalue weighted by molar-refractivity contribution is 5.92. The molecule has 2 rings (SSSR count). The molecule has 25 heavy (non-hydrogen) atoms. The van der Waals surface area contributed by atoms with Crippen molar-refractivity contribution in [1.29, 1.82) is 0 Å². The van der Waals surface area contributed by atoms with Crippen LogP contribution in [0.1, 0.15) is 43.4 Å². The molecular formula is C17H27N5O3. The summed E-state index contributed by atoms with van der Waals surface area (Å²) in [7, 11) is 0. The number of carbonyl (C=O) groups excluding carboxylic acids is 2. The van der Waals surface area contributed by atoms with Crippen LogP contribution < -0.4 is 5.32 Å². The smallest absolute Gasteiger partial charge is 0.409 e. The number of rotatable bonds is 5. The lowest BCUT2D eigenvalue weighted by molar-refractivity contribution is 0.0566. The number of aryl methyl sites for hydroxylation is 1. The lowest BCUT2D eigenvalue weighted by Crippen LogP contribution is -2.50. The van der Waals surface area contributed by atoms with Crippen LogP contribution in [0.25, 0.3) is 0 Å². The summed E-state index contributed by atoms with van der Waals surface area (Å²) in [5.74, 6) is 0.337. The summed E-state index contributed by atoms with van der Waals surface area (Å²) >= 11 is 0. The van der Waals surface area contributed by atoms with Crippen LogP contribution in [-0.2, 0) is 4.74 Å². The van der Waals surface area contributed by atoms with E-state index in [1.807, 2.05) is 13.8 Å². The van der Waals surface area contributed by atoms with Gasteiger partial charge in [0.2, 0.25) is 5.95 Å². The minimum absolute atomic E-state index is 0.138. The highest BCUT2D eigenvalue weighted by Gasteiger charge is 2.26. The number of aromatic nitrogens is 2. The summed E-state index contributed by atoms with van der Waals surface area (Å²) in [4.78, 5) is 36.5. The van der Waals surface area contributed by atoms with E-state index in [1.165, 1.54) is 0 Å². The Labute approximate surface area is 148 Å². The Morgan fingerprint density at radius 2 is 1.84 bits per heavy atom. The standard InChI is InChI=1S/C17H27N5O3/c1-5-12(3)18-16-19-13(4)11-14(20-16)15(23)21-7-9-22(10-8-21)17(24)25-6-2/h11-12H,5-10H2,1-4H3,(H,18,19,20). The van der Waals surface area contributed by atoms with E-state index in [1.54, 1.807) is 22.8 Å². The summed E-state index contributed by atoms with van der Waals surface area (Å²) in [6, 6.07) is 1.93. The van der Waals surface area contributed by atoms with E-state index in [4.69, 9.17) is 4.74 Å². The molecule has 1 aromatic heterocycles. The molecule has 8 nitrogen and oxygen atoms in total. The van der Waals surface area contributed by atoms with Crippen molar-refractivity contribution in [3.05, 3.63) is 17.5 Å². The Bertz CT molecular complexity index is 614. The van der Waals surface area contributed by atoms with Crippen LogP contribution in [0.4, 0.5) is 10.7 Å². The molecule has 8 heteroatoms. The van der Waals surface area contributed by atoms with Gasteiger partial charge in [0.05, 0.1) is 6.61 Å². The summed E-state index contributed by atoms with van der Waals surface area (Å²) < 4.78 is 5.00. The maximum absolute atomic E-state index is 12.7. The van der Waals surface area contributed by atoms with Gasteiger partial charge in [0.1, 0.15) is 5.69 Å². The Morgan fingerprint density at radius 1 is 1.20 bits per heavy atom. The van der Waals surface area contributed by atoms with E-state index in [0.717, 1.165) is 12.1 Å². The van der Waals surface area contributed by atoms with Crippen LogP contribution in [0, 0.1) is 6.92 Å². The van der Waals surface area contributed by atoms with E-state index in [-0.39, 0.29) is 18.0 Å². The molecule has 1 aliphatic heterocycles. The molecule has 1 unspecified atom stereocenters. The van der Waals surface area contributed by atoms with Crippen LogP contribution in [0.5, 0.6) is 0 Å². The van der Waals surface area contributed by atoms with Gasteiger partial charge in [-0.25, -0.2) is 14.8 Å². The van der Waals surface area contributed by atoms with Gasteiger partial charge in [-0.05, 0) is 33.3 Å². The molecule has 1 N–H and O–H groups in total. The number of piperazine rings is 1. The SMILES string of the molecule is CCOC(=O)N1CCN(C(=O)c2cc(C)nc(NC(C)CC)n2)CC1. The van der Waals surface area contributed by atoms with Gasteiger partial charge in [0, 0.05) is 37.9 Å². The van der Waals surface area contributed by atoms with Crippen molar-refractivity contribution in [1.82, 2.24) is 19.8 Å². The molecule has 2 amide bonds. The van der Waals surface area contributed by atoms with Crippen molar-refractivity contribution in [2.45, 2.75) is 40.2 Å². The number of anilines is 1. The van der Waals surface area contributed by atoms with Gasteiger partial charge in [-0.15, -0.1) is 0 Å². The molecule has 1 saturated heterocycles. The first-order valence-corrected chi connectivity index (χ1v) is 8.77. The molecule has 138 valence electrons. The van der Waals surface area contributed by atoms with Gasteiger partial charge < -0.3 is 19.9 Å². The molecule has 0 aromatic carbocycles. The maximum atomic E-state index is 12.7. The molecule has 0 bridgehead atoms. The number of hydrogen-bond acceptors (Lipinski definition) is 6. The minimum Gasteiger partial charge on any atom is -0.450 e. The Balaban J connectivity index is 2.02. The fourth-order valence-corrected chi connectivity index (χ4v) is 2.53. The van der Waals surface area contributed by atoms with Crippen molar-refractivity contribution < 1.29 is 14.3 Å². The van der Waals surface area contributed by atoms with Crippen LogP contribution in [-0.4, -0.2) is 70.6 Å². The fourth-order valence-electron chi connectivity index (χ4n) is 2.53. The Hall–Kier alpha value is -2.38. The lowest BCUT2D eigenvalue weighted by atomic mass is 10.2. The number of nitrogens with one attached hydrogen (secondary N) is 1. The quantitative estimate of drug-likeness (QED) is 0.874. The van der Waals surface area contributed by atoms with Crippen LogP contribution in [0.3, 0.4) is 0 Å². The second kappa shape index (κ2) is 8.64. The normalized spacial score (nSPS) is 15.7. The number of ether oxygens (including phenoxy) is 1. The van der Waals surface area contributed by atoms with E-state index < -0.39 is 0 Å². The van der Waals surface area contributed by atoms with Crippen LogP contribution in [0.15, 0.2) is 6.07 Å². The average Bonchev–Trinajstić information content (AvgIpc) is 2.60. The summed E-state index contributed by atoms with van der Waals surface area (Å²) in [5, 5.41) is 3.20. The first-order chi connectivity index (χ1) is 11.9. The van der Waals surface area contributed by atoms with Crippen molar-refractivity contribution >= 4 is 17.9 Å². The predicted molar refractivity (Wildman–Crippen MR) is 94.6 cm³/mol. The van der Waals surface area contributed by atoms with Gasteiger partial charge in [-0.2, -0.15) is 0 Å². The monoisotopic (exact) mass is 349 g/mol. The lowest BCUT2D eigenvalue weighted by Gasteiger charge is -2.33. The number of amides is 2. The van der Waals surface area contributed by atoms with Crippen molar-refractivity contribution in [2.75, 3.05) is 38.1 Å². The fraction of sp³-hybridized carbons (Fsp3) is 0.647. The number of carbonyl (C=O) groups is 2. The number of nitrogens with zero attached hydrogens (tertiary/aromatic N) is 4. The molecule has 1 fully saturated rings. The van der Waals surface area contributed by atoms with Crippen LogP contribution in [0.2, 0.25) is 0 Å². The van der Waals surface area contributed by atoms with Gasteiger partial charge in [-0.3, -0.25) is 4.79 Å². The zero-order valence-corrected chi connectivity index (χ0v) is 15.4. The third kappa shape index (κ3) is 5.04. The van der Waals surface area contributed by atoms with E-state index in [2.05, 4.69) is 22.2 Å². The van der Waals surface area contributed by atoms with Crippen LogP contribution >= 0.6 is 0 Å². The molecular weight excluding hydrogens is 322 g/mol. The minimum atomic E-state index is -0.326. The van der Waals surface area contributed by atoms with Gasteiger partial charge >= 0.3 is 6.09 Å². The van der Waals surface area contributed by atoms with E-state index in [0.29, 0.717) is 44.4 Å². The summed E-state index contributed by atoms with van der Waals surface area (Å²) in [6.07, 6.45) is 0.615. The Kier molecular flexibility index (Phi) is 6.55. The molecule has 2 heterocycles. The summed E-state index contributed by atoms with van der Waals surface area (Å²) in [5.41, 5.74) is 1.12. The third-order valence-corrected chi connectivity index (χ3v) is 4.15. The molecule has 0 spiro atoms. The molecule has 1 atom stereocenters. The second-order valence-electron chi connectivity index (χ2n) is 6.15. The van der Waals surface area contributed by atoms with E-state index >= 15 is 0 Å². The van der Waals surface area contributed by atoms with Crippen molar-refractivity contribution in [3.63, 3.8) is 0 Å². The Morgan fingerprint density at radius 3 is 2.44 bits per heavy atom. The number of hydrogen-bond donors (Lipinski definition) is 1. The molecule has 1 aliphatic rings. The molecule has 0 saturated carbocycles. The highest BCUT2D eigenvalue weighted by Crippen LogP contribution is 2.12. The zero-order valence-electron chi connectivity index (χ0n) is 15.4. The molecule has 0 aliphatic carbocycles. The van der Waals surface area contributed by atoms with Crippen molar-refractivity contribution in [2.24, 2.45) is 0 Å². The predicted octanol–water partition coefficient (Wildman–Crippen LogP) is 1.91. The first kappa shape index (κ1) is 19.0. The third-order valence-electron chi connectivity index (χ3n) is 4.15. The largest absolute Gasteiger partial charge is 0.450 e. The second-order valence-corrected chi connectivity index (χ2v) is 6.15. The molecule has 0 radical (unpaired) electrons. The topological polar surface area (TPSA) is 87.7 Å². The van der Waals surface area contributed by atoms with Gasteiger partial charge in [0.25, 0.3) is 5.91 Å². The van der Waals surface area contributed by atoms with E-state index in [9.17, 15) is 9.59 Å². The van der Waals surface area contributed by atoms with Gasteiger partial charge in [0.15, 0.2) is 0 Å². The molecule has 1 aromatic rings. The summed E-state index contributed by atoms with van der Waals surface area (Å²) in [6.45, 7) is 9.95. The first-order valence-electron chi connectivity index (χ1n) is 8.77. The zero-order chi connectivity index (χ0) is 18.4. The maximum Gasteiger partial charge on any atom is 0.409 e. The van der Waals surface area contributed by atoms with Crippen molar-refractivity contribution in [3.8, 4) is 0 Å². The average molecular weight is 349 g/mol.